The van der Waals surface area contributed by atoms with E-state index in [1.165, 1.54) is 18.9 Å². The average molecular weight is 410 g/mol. The number of hydrogen-bond acceptors (Lipinski definition) is 6. The Morgan fingerprint density at radius 3 is 2.43 bits per heavy atom. The Morgan fingerprint density at radius 2 is 1.83 bits per heavy atom. The molecule has 1 unspecified atom stereocenters. The predicted octanol–water partition coefficient (Wildman–Crippen LogP) is 1.90. The third-order valence-electron chi connectivity index (χ3n) is 4.84. The first-order valence-corrected chi connectivity index (χ1v) is 9.08. The number of nitrogens with two attached hydrogens (primary N) is 1. The van der Waals surface area contributed by atoms with Crippen molar-refractivity contribution in [1.82, 2.24) is 0 Å². The molecule has 156 valence electrons. The van der Waals surface area contributed by atoms with Gasteiger partial charge in [-0.3, -0.25) is 19.8 Å². The number of carbonyl (C=O) groups excluding carboxylic acids is 3. The second kappa shape index (κ2) is 7.86. The fourth-order valence-electron chi connectivity index (χ4n) is 3.16. The standard InChI is InChI=1S/C21H22N4O5/c1-21(11-17(26)29-3)20(28)25(2)15-9-8-14(10-16(15)30-21)24-19(27)13-6-4-12(5-7-13)18(22)23/h4-10H,11H2,1-3H3,(H3,22,23)(H,24,27). The van der Waals surface area contributed by atoms with E-state index in [1.54, 1.807) is 49.5 Å². The summed E-state index contributed by atoms with van der Waals surface area (Å²) in [7, 11) is 2.83. The van der Waals surface area contributed by atoms with Crippen molar-refractivity contribution < 1.29 is 23.9 Å². The lowest BCUT2D eigenvalue weighted by molar-refractivity contribution is -0.150. The number of amides is 2. The molecule has 4 N–H and O–H groups in total. The summed E-state index contributed by atoms with van der Waals surface area (Å²) >= 11 is 0. The molecule has 2 aromatic rings. The molecule has 1 aliphatic rings. The third-order valence-corrected chi connectivity index (χ3v) is 4.84. The van der Waals surface area contributed by atoms with Gasteiger partial charge in [0.15, 0.2) is 5.60 Å². The number of hydrogen-bond donors (Lipinski definition) is 3. The molecule has 3 rings (SSSR count). The first kappa shape index (κ1) is 20.8. The monoisotopic (exact) mass is 410 g/mol. The Hall–Kier alpha value is -3.88. The minimum atomic E-state index is -1.42. The molecule has 9 heteroatoms. The molecule has 1 aliphatic heterocycles. The van der Waals surface area contributed by atoms with Gasteiger partial charge in [0.25, 0.3) is 11.8 Å². The number of nitrogens with zero attached hydrogens (tertiary/aromatic N) is 1. The molecule has 0 fully saturated rings. The first-order chi connectivity index (χ1) is 14.1. The maximum atomic E-state index is 12.7. The van der Waals surface area contributed by atoms with E-state index in [9.17, 15) is 14.4 Å². The molecule has 0 aliphatic carbocycles. The van der Waals surface area contributed by atoms with E-state index in [1.807, 2.05) is 0 Å². The molecule has 2 amide bonds. The summed E-state index contributed by atoms with van der Waals surface area (Å²) in [6.07, 6.45) is -0.245. The Morgan fingerprint density at radius 1 is 1.20 bits per heavy atom. The van der Waals surface area contributed by atoms with Crippen molar-refractivity contribution in [3.63, 3.8) is 0 Å². The molecular weight excluding hydrogens is 388 g/mol. The minimum Gasteiger partial charge on any atom is -0.475 e. The van der Waals surface area contributed by atoms with Crippen LogP contribution in [0.15, 0.2) is 42.5 Å². The summed E-state index contributed by atoms with van der Waals surface area (Å²) in [5, 5.41) is 10.2. The highest BCUT2D eigenvalue weighted by Gasteiger charge is 2.45. The van der Waals surface area contributed by atoms with Gasteiger partial charge < -0.3 is 25.4 Å². The minimum absolute atomic E-state index is 0.0811. The van der Waals surface area contributed by atoms with Gasteiger partial charge in [-0.2, -0.15) is 0 Å². The summed E-state index contributed by atoms with van der Waals surface area (Å²) in [5.41, 5.74) is 5.89. The van der Waals surface area contributed by atoms with Gasteiger partial charge in [-0.25, -0.2) is 0 Å². The number of carbonyl (C=O) groups is 3. The lowest BCUT2D eigenvalue weighted by Crippen LogP contribution is -2.54. The Kier molecular flexibility index (Phi) is 5.46. The Labute approximate surface area is 173 Å². The van der Waals surface area contributed by atoms with Crippen molar-refractivity contribution >= 4 is 35.0 Å². The van der Waals surface area contributed by atoms with Crippen LogP contribution in [0.3, 0.4) is 0 Å². The van der Waals surface area contributed by atoms with Crippen molar-refractivity contribution in [2.24, 2.45) is 5.73 Å². The summed E-state index contributed by atoms with van der Waals surface area (Å²) < 4.78 is 10.5. The molecule has 0 bridgehead atoms. The third kappa shape index (κ3) is 3.95. The Balaban J connectivity index is 1.83. The van der Waals surface area contributed by atoms with Crippen LogP contribution in [0, 0.1) is 5.41 Å². The second-order valence-corrected chi connectivity index (χ2v) is 7.08. The average Bonchev–Trinajstić information content (AvgIpc) is 2.72. The number of esters is 1. The number of nitrogens with one attached hydrogen (secondary N) is 2. The molecule has 0 spiro atoms. The fourth-order valence-corrected chi connectivity index (χ4v) is 3.16. The zero-order valence-electron chi connectivity index (χ0n) is 16.8. The zero-order chi connectivity index (χ0) is 22.1. The quantitative estimate of drug-likeness (QED) is 0.391. The highest BCUT2D eigenvalue weighted by atomic mass is 16.5. The molecule has 0 saturated heterocycles. The van der Waals surface area contributed by atoms with Crippen LogP contribution in [0.25, 0.3) is 0 Å². The molecule has 0 saturated carbocycles. The van der Waals surface area contributed by atoms with E-state index >= 15 is 0 Å². The molecule has 0 aromatic heterocycles. The van der Waals surface area contributed by atoms with E-state index in [4.69, 9.17) is 15.9 Å². The Bertz CT molecular complexity index is 1030. The van der Waals surface area contributed by atoms with Crippen LogP contribution in [0.1, 0.15) is 29.3 Å². The maximum Gasteiger partial charge on any atom is 0.310 e. The van der Waals surface area contributed by atoms with Crippen LogP contribution >= 0.6 is 0 Å². The number of rotatable bonds is 5. The number of anilines is 2. The van der Waals surface area contributed by atoms with Crippen LogP contribution < -0.4 is 20.7 Å². The SMILES string of the molecule is COC(=O)CC1(C)Oc2cc(NC(=O)c3ccc(C(=N)N)cc3)ccc2N(C)C1=O. The molecule has 1 atom stereocenters. The highest BCUT2D eigenvalue weighted by molar-refractivity contribution is 6.07. The van der Waals surface area contributed by atoms with E-state index in [0.717, 1.165) is 0 Å². The van der Waals surface area contributed by atoms with Crippen LogP contribution in [0.2, 0.25) is 0 Å². The van der Waals surface area contributed by atoms with Crippen molar-refractivity contribution in [3.05, 3.63) is 53.6 Å². The van der Waals surface area contributed by atoms with E-state index in [-0.39, 0.29) is 24.1 Å². The number of nitrogen functional groups attached to an aromatic ring is 1. The topological polar surface area (TPSA) is 135 Å². The van der Waals surface area contributed by atoms with E-state index < -0.39 is 11.6 Å². The lowest BCUT2D eigenvalue weighted by atomic mass is 9.97. The number of methoxy groups -OCH3 is 1. The van der Waals surface area contributed by atoms with E-state index in [0.29, 0.717) is 28.3 Å². The van der Waals surface area contributed by atoms with Crippen LogP contribution in [0.5, 0.6) is 5.75 Å². The predicted molar refractivity (Wildman–Crippen MR) is 111 cm³/mol. The summed E-state index contributed by atoms with van der Waals surface area (Å²) in [5.74, 6) is -1.03. The molecule has 2 aromatic carbocycles. The van der Waals surface area contributed by atoms with Gasteiger partial charge >= 0.3 is 5.97 Å². The van der Waals surface area contributed by atoms with Gasteiger partial charge in [0.1, 0.15) is 11.6 Å². The van der Waals surface area contributed by atoms with Crippen molar-refractivity contribution in [1.29, 1.82) is 5.41 Å². The molecule has 1 heterocycles. The van der Waals surface area contributed by atoms with Gasteiger partial charge in [-0.15, -0.1) is 0 Å². The normalized spacial score (nSPS) is 17.6. The summed E-state index contributed by atoms with van der Waals surface area (Å²) in [4.78, 5) is 38.4. The van der Waals surface area contributed by atoms with Crippen LogP contribution in [0.4, 0.5) is 11.4 Å². The lowest BCUT2D eigenvalue weighted by Gasteiger charge is -2.38. The largest absolute Gasteiger partial charge is 0.475 e. The first-order valence-electron chi connectivity index (χ1n) is 9.08. The zero-order valence-corrected chi connectivity index (χ0v) is 16.8. The van der Waals surface area contributed by atoms with Gasteiger partial charge in [0.05, 0.1) is 19.2 Å². The molecule has 0 radical (unpaired) electrons. The van der Waals surface area contributed by atoms with E-state index in [2.05, 4.69) is 10.1 Å². The van der Waals surface area contributed by atoms with Crippen LogP contribution in [-0.2, 0) is 14.3 Å². The summed E-state index contributed by atoms with van der Waals surface area (Å²) in [6.45, 7) is 1.52. The van der Waals surface area contributed by atoms with Gasteiger partial charge in [0, 0.05) is 29.9 Å². The smallest absolute Gasteiger partial charge is 0.310 e. The van der Waals surface area contributed by atoms with Gasteiger partial charge in [-0.1, -0.05) is 12.1 Å². The highest BCUT2D eigenvalue weighted by Crippen LogP contribution is 2.40. The molecular formula is C21H22N4O5. The van der Waals surface area contributed by atoms with Crippen LogP contribution in [-0.4, -0.2) is 43.4 Å². The number of likely N-dealkylation sites (N-methyl/N-ethyl adjacent to an activating group) is 1. The maximum absolute atomic E-state index is 12.7. The van der Waals surface area contributed by atoms with Gasteiger partial charge in [-0.05, 0) is 31.2 Å². The summed E-state index contributed by atoms with van der Waals surface area (Å²) in [6, 6.07) is 11.2. The number of amidine groups is 1. The van der Waals surface area contributed by atoms with Crippen molar-refractivity contribution in [3.8, 4) is 5.75 Å². The number of benzene rings is 2. The second-order valence-electron chi connectivity index (χ2n) is 7.08. The molecule has 9 nitrogen and oxygen atoms in total. The van der Waals surface area contributed by atoms with Crippen molar-refractivity contribution in [2.45, 2.75) is 18.9 Å². The number of ether oxygens (including phenoxy) is 2. The van der Waals surface area contributed by atoms with Gasteiger partial charge in [0.2, 0.25) is 0 Å². The van der Waals surface area contributed by atoms with Crippen molar-refractivity contribution in [2.75, 3.05) is 24.4 Å². The number of fused-ring (bicyclic) bond motifs is 1. The fraction of sp³-hybridized carbons (Fsp3) is 0.238. The molecule has 30 heavy (non-hydrogen) atoms.